The number of benzene rings is 1. The van der Waals surface area contributed by atoms with Crippen LogP contribution in [0.15, 0.2) is 18.2 Å². The van der Waals surface area contributed by atoms with E-state index in [1.54, 1.807) is 0 Å². The maximum absolute atomic E-state index is 9.00. The van der Waals surface area contributed by atoms with E-state index >= 15 is 0 Å². The molecule has 0 saturated heterocycles. The standard InChI is InChI=1S/C15H20N2O/c1-11(17-10-15(2,3)9-16)12-4-5-14-13(8-12)6-7-18-14/h4-5,8,11,17H,6-7,10H2,1-3H3. The van der Waals surface area contributed by atoms with Crippen molar-refractivity contribution in [2.75, 3.05) is 13.2 Å². The van der Waals surface area contributed by atoms with E-state index < -0.39 is 0 Å². The zero-order chi connectivity index (χ0) is 13.2. The monoisotopic (exact) mass is 244 g/mol. The highest BCUT2D eigenvalue weighted by Gasteiger charge is 2.19. The van der Waals surface area contributed by atoms with Crippen molar-refractivity contribution >= 4 is 0 Å². The van der Waals surface area contributed by atoms with Crippen molar-refractivity contribution in [2.45, 2.75) is 33.2 Å². The third-order valence-corrected chi connectivity index (χ3v) is 3.37. The fourth-order valence-corrected chi connectivity index (χ4v) is 2.04. The van der Waals surface area contributed by atoms with Crippen molar-refractivity contribution in [1.82, 2.24) is 5.32 Å². The minimum Gasteiger partial charge on any atom is -0.493 e. The Balaban J connectivity index is 2.02. The van der Waals surface area contributed by atoms with Crippen LogP contribution in [-0.2, 0) is 6.42 Å². The molecular weight excluding hydrogens is 224 g/mol. The molecule has 0 amide bonds. The van der Waals surface area contributed by atoms with E-state index in [0.29, 0.717) is 6.54 Å². The molecule has 1 heterocycles. The Bertz CT molecular complexity index is 474. The number of hydrogen-bond acceptors (Lipinski definition) is 3. The first-order valence-corrected chi connectivity index (χ1v) is 6.42. The Morgan fingerprint density at radius 2 is 2.28 bits per heavy atom. The SMILES string of the molecule is CC(NCC(C)(C)C#N)c1ccc2c(c1)CCO2. The van der Waals surface area contributed by atoms with Gasteiger partial charge in [0.2, 0.25) is 0 Å². The van der Waals surface area contributed by atoms with Crippen LogP contribution in [0.5, 0.6) is 5.75 Å². The molecule has 3 heteroatoms. The van der Waals surface area contributed by atoms with Crippen LogP contribution in [0.25, 0.3) is 0 Å². The number of nitrogens with zero attached hydrogens (tertiary/aromatic N) is 1. The van der Waals surface area contributed by atoms with Crippen molar-refractivity contribution < 1.29 is 4.74 Å². The number of ether oxygens (including phenoxy) is 1. The molecule has 1 N–H and O–H groups in total. The predicted octanol–water partition coefficient (Wildman–Crippen LogP) is 2.82. The molecule has 1 unspecified atom stereocenters. The molecule has 0 spiro atoms. The van der Waals surface area contributed by atoms with Gasteiger partial charge >= 0.3 is 0 Å². The highest BCUT2D eigenvalue weighted by molar-refractivity contribution is 5.40. The lowest BCUT2D eigenvalue weighted by Gasteiger charge is -2.21. The minimum atomic E-state index is -0.325. The molecule has 0 aliphatic carbocycles. The summed E-state index contributed by atoms with van der Waals surface area (Å²) in [5.41, 5.74) is 2.22. The van der Waals surface area contributed by atoms with Gasteiger partial charge in [0.1, 0.15) is 5.75 Å². The van der Waals surface area contributed by atoms with Gasteiger partial charge in [0.05, 0.1) is 18.1 Å². The smallest absolute Gasteiger partial charge is 0.122 e. The van der Waals surface area contributed by atoms with E-state index in [2.05, 4.69) is 30.4 Å². The number of fused-ring (bicyclic) bond motifs is 1. The van der Waals surface area contributed by atoms with Crippen molar-refractivity contribution in [3.05, 3.63) is 29.3 Å². The molecule has 0 aromatic heterocycles. The van der Waals surface area contributed by atoms with Gasteiger partial charge in [0.15, 0.2) is 0 Å². The summed E-state index contributed by atoms with van der Waals surface area (Å²) < 4.78 is 5.50. The molecule has 0 bridgehead atoms. The first kappa shape index (κ1) is 12.9. The molecule has 0 fully saturated rings. The van der Waals surface area contributed by atoms with Crippen LogP contribution in [0.3, 0.4) is 0 Å². The summed E-state index contributed by atoms with van der Waals surface area (Å²) in [6, 6.07) is 8.91. The molecule has 2 rings (SSSR count). The Kier molecular flexibility index (Phi) is 3.58. The number of rotatable bonds is 4. The van der Waals surface area contributed by atoms with Gasteiger partial charge in [-0.2, -0.15) is 5.26 Å². The fraction of sp³-hybridized carbons (Fsp3) is 0.533. The molecule has 1 aromatic rings. The van der Waals surface area contributed by atoms with Gasteiger partial charge in [-0.05, 0) is 38.0 Å². The topological polar surface area (TPSA) is 45.0 Å². The van der Waals surface area contributed by atoms with Gasteiger partial charge in [0.25, 0.3) is 0 Å². The molecule has 1 aliphatic rings. The van der Waals surface area contributed by atoms with Crippen LogP contribution < -0.4 is 10.1 Å². The van der Waals surface area contributed by atoms with Gasteiger partial charge in [-0.25, -0.2) is 0 Å². The summed E-state index contributed by atoms with van der Waals surface area (Å²) in [5, 5.41) is 12.4. The highest BCUT2D eigenvalue weighted by atomic mass is 16.5. The van der Waals surface area contributed by atoms with Crippen LogP contribution in [0, 0.1) is 16.7 Å². The number of nitriles is 1. The molecule has 1 aliphatic heterocycles. The van der Waals surface area contributed by atoms with Crippen molar-refractivity contribution in [1.29, 1.82) is 5.26 Å². The zero-order valence-corrected chi connectivity index (χ0v) is 11.3. The summed E-state index contributed by atoms with van der Waals surface area (Å²) in [4.78, 5) is 0. The van der Waals surface area contributed by atoms with Gasteiger partial charge in [-0.15, -0.1) is 0 Å². The quantitative estimate of drug-likeness (QED) is 0.885. The van der Waals surface area contributed by atoms with E-state index in [1.165, 1.54) is 11.1 Å². The lowest BCUT2D eigenvalue weighted by Crippen LogP contribution is -2.30. The van der Waals surface area contributed by atoms with Gasteiger partial charge in [-0.1, -0.05) is 12.1 Å². The molecular formula is C15H20N2O. The Morgan fingerprint density at radius 3 is 3.00 bits per heavy atom. The van der Waals surface area contributed by atoms with Gasteiger partial charge in [0, 0.05) is 19.0 Å². The van der Waals surface area contributed by atoms with Crippen LogP contribution >= 0.6 is 0 Å². The summed E-state index contributed by atoms with van der Waals surface area (Å²) in [6.45, 7) is 7.51. The number of nitrogens with one attached hydrogen (secondary N) is 1. The van der Waals surface area contributed by atoms with Crippen LogP contribution in [0.4, 0.5) is 0 Å². The second-order valence-electron chi connectivity index (χ2n) is 5.56. The minimum absolute atomic E-state index is 0.253. The second kappa shape index (κ2) is 4.99. The summed E-state index contributed by atoms with van der Waals surface area (Å²) in [7, 11) is 0. The van der Waals surface area contributed by atoms with Crippen molar-refractivity contribution in [3.63, 3.8) is 0 Å². The Morgan fingerprint density at radius 1 is 1.50 bits per heavy atom. The van der Waals surface area contributed by atoms with E-state index in [1.807, 2.05) is 19.9 Å². The van der Waals surface area contributed by atoms with Gasteiger partial charge in [-0.3, -0.25) is 0 Å². The van der Waals surface area contributed by atoms with E-state index in [4.69, 9.17) is 10.00 Å². The van der Waals surface area contributed by atoms with Crippen LogP contribution in [0.1, 0.15) is 37.9 Å². The maximum Gasteiger partial charge on any atom is 0.122 e. The highest BCUT2D eigenvalue weighted by Crippen LogP contribution is 2.28. The summed E-state index contributed by atoms with van der Waals surface area (Å²) in [6.07, 6.45) is 1.000. The lowest BCUT2D eigenvalue weighted by molar-refractivity contribution is 0.356. The third-order valence-electron chi connectivity index (χ3n) is 3.37. The predicted molar refractivity (Wildman–Crippen MR) is 71.5 cm³/mol. The molecule has 96 valence electrons. The van der Waals surface area contributed by atoms with Crippen molar-refractivity contribution in [2.24, 2.45) is 5.41 Å². The molecule has 1 aromatic carbocycles. The molecule has 3 nitrogen and oxygen atoms in total. The lowest BCUT2D eigenvalue weighted by atomic mass is 9.95. The third kappa shape index (κ3) is 2.83. The molecule has 18 heavy (non-hydrogen) atoms. The first-order valence-electron chi connectivity index (χ1n) is 6.42. The maximum atomic E-state index is 9.00. The largest absolute Gasteiger partial charge is 0.493 e. The first-order chi connectivity index (χ1) is 8.52. The van der Waals surface area contributed by atoms with E-state index in [0.717, 1.165) is 18.8 Å². The molecule has 1 atom stereocenters. The normalized spacial score (nSPS) is 15.7. The average Bonchev–Trinajstić information content (AvgIpc) is 2.83. The zero-order valence-electron chi connectivity index (χ0n) is 11.3. The summed E-state index contributed by atoms with van der Waals surface area (Å²) in [5.74, 6) is 1.02. The second-order valence-corrected chi connectivity index (χ2v) is 5.56. The molecule has 0 saturated carbocycles. The molecule has 0 radical (unpaired) electrons. The van der Waals surface area contributed by atoms with Crippen LogP contribution in [-0.4, -0.2) is 13.2 Å². The van der Waals surface area contributed by atoms with Gasteiger partial charge < -0.3 is 10.1 Å². The fourth-order valence-electron chi connectivity index (χ4n) is 2.04. The Hall–Kier alpha value is -1.53. The van der Waals surface area contributed by atoms with E-state index in [9.17, 15) is 0 Å². The van der Waals surface area contributed by atoms with Crippen molar-refractivity contribution in [3.8, 4) is 11.8 Å². The average molecular weight is 244 g/mol. The van der Waals surface area contributed by atoms with E-state index in [-0.39, 0.29) is 11.5 Å². The number of hydrogen-bond donors (Lipinski definition) is 1. The Labute approximate surface area is 109 Å². The summed E-state index contributed by atoms with van der Waals surface area (Å²) >= 11 is 0. The van der Waals surface area contributed by atoms with Crippen LogP contribution in [0.2, 0.25) is 0 Å².